The lowest BCUT2D eigenvalue weighted by Crippen LogP contribution is -2.39. The van der Waals surface area contributed by atoms with Gasteiger partial charge in [0.2, 0.25) is 0 Å². The van der Waals surface area contributed by atoms with Gasteiger partial charge < -0.3 is 9.84 Å². The number of carbonyl (C=O) groups is 1. The van der Waals surface area contributed by atoms with Crippen molar-refractivity contribution in [1.82, 2.24) is 4.90 Å². The van der Waals surface area contributed by atoms with Crippen LogP contribution in [0.3, 0.4) is 0 Å². The maximum absolute atomic E-state index is 12.4. The van der Waals surface area contributed by atoms with Crippen LogP contribution in [0, 0.1) is 0 Å². The molecule has 20 heavy (non-hydrogen) atoms. The molecule has 4 heteroatoms. The van der Waals surface area contributed by atoms with Gasteiger partial charge >= 0.3 is 0 Å². The van der Waals surface area contributed by atoms with Gasteiger partial charge in [0.1, 0.15) is 5.75 Å². The Labute approximate surface area is 120 Å². The van der Waals surface area contributed by atoms with E-state index in [4.69, 9.17) is 4.74 Å². The number of ether oxygens (including phenoxy) is 1. The molecule has 2 rings (SSSR count). The number of aliphatic hydroxyl groups is 1. The first-order chi connectivity index (χ1) is 9.74. The minimum atomic E-state index is 0.0873. The Morgan fingerprint density at radius 3 is 2.80 bits per heavy atom. The van der Waals surface area contributed by atoms with Gasteiger partial charge in [0.05, 0.1) is 20.3 Å². The fourth-order valence-electron chi connectivity index (χ4n) is 2.86. The van der Waals surface area contributed by atoms with E-state index >= 15 is 0 Å². The summed E-state index contributed by atoms with van der Waals surface area (Å²) in [4.78, 5) is 14.5. The maximum atomic E-state index is 12.4. The topological polar surface area (TPSA) is 49.8 Å². The van der Waals surface area contributed by atoms with E-state index in [0.717, 1.165) is 12.8 Å². The summed E-state index contributed by atoms with van der Waals surface area (Å²) in [7, 11) is 1.60. The van der Waals surface area contributed by atoms with Gasteiger partial charge in [-0.1, -0.05) is 25.0 Å². The molecule has 4 nitrogen and oxygen atoms in total. The van der Waals surface area contributed by atoms with Crippen LogP contribution >= 0.6 is 0 Å². The lowest BCUT2D eigenvalue weighted by molar-refractivity contribution is 0.0862. The van der Waals surface area contributed by atoms with Crippen LogP contribution in [-0.4, -0.2) is 48.6 Å². The SMILES string of the molecule is COc1cccc(C(=O)CN(CCO)C2CCCC2)c1. The van der Waals surface area contributed by atoms with E-state index in [0.29, 0.717) is 30.4 Å². The van der Waals surface area contributed by atoms with Crippen molar-refractivity contribution in [3.63, 3.8) is 0 Å². The highest BCUT2D eigenvalue weighted by atomic mass is 16.5. The molecule has 110 valence electrons. The smallest absolute Gasteiger partial charge is 0.176 e. The zero-order valence-corrected chi connectivity index (χ0v) is 12.0. The van der Waals surface area contributed by atoms with Crippen molar-refractivity contribution < 1.29 is 14.6 Å². The molecule has 0 heterocycles. The van der Waals surface area contributed by atoms with E-state index in [1.807, 2.05) is 18.2 Å². The Hall–Kier alpha value is -1.39. The molecule has 1 fully saturated rings. The lowest BCUT2D eigenvalue weighted by atomic mass is 10.1. The maximum Gasteiger partial charge on any atom is 0.176 e. The molecular weight excluding hydrogens is 254 g/mol. The highest BCUT2D eigenvalue weighted by Crippen LogP contribution is 2.23. The molecule has 0 amide bonds. The van der Waals surface area contributed by atoms with Gasteiger partial charge in [-0.25, -0.2) is 0 Å². The van der Waals surface area contributed by atoms with Gasteiger partial charge in [0, 0.05) is 18.2 Å². The second-order valence-corrected chi connectivity index (χ2v) is 5.29. The standard InChI is InChI=1S/C16H23NO3/c1-20-15-8-4-5-13(11-15)16(19)12-17(9-10-18)14-6-2-3-7-14/h4-5,8,11,14,18H,2-3,6-7,9-10,12H2,1H3. The average Bonchev–Trinajstić information content (AvgIpc) is 3.01. The van der Waals surface area contributed by atoms with E-state index in [1.165, 1.54) is 12.8 Å². The Morgan fingerprint density at radius 1 is 1.40 bits per heavy atom. The van der Waals surface area contributed by atoms with Crippen LogP contribution in [0.15, 0.2) is 24.3 Å². The van der Waals surface area contributed by atoms with Crippen molar-refractivity contribution in [2.75, 3.05) is 26.8 Å². The summed E-state index contributed by atoms with van der Waals surface area (Å²) in [5.74, 6) is 0.787. The number of hydrogen-bond donors (Lipinski definition) is 1. The van der Waals surface area contributed by atoms with E-state index in [9.17, 15) is 9.90 Å². The Bertz CT molecular complexity index is 441. The van der Waals surface area contributed by atoms with Crippen molar-refractivity contribution >= 4 is 5.78 Å². The van der Waals surface area contributed by atoms with E-state index in [1.54, 1.807) is 13.2 Å². The molecule has 0 saturated heterocycles. The summed E-state index contributed by atoms with van der Waals surface area (Å²) in [5, 5.41) is 9.19. The second-order valence-electron chi connectivity index (χ2n) is 5.29. The molecule has 1 aromatic rings. The molecule has 1 saturated carbocycles. The molecule has 1 N–H and O–H groups in total. The molecule has 1 aliphatic rings. The quantitative estimate of drug-likeness (QED) is 0.776. The molecule has 1 aromatic carbocycles. The monoisotopic (exact) mass is 277 g/mol. The van der Waals surface area contributed by atoms with Gasteiger partial charge in [0.25, 0.3) is 0 Å². The largest absolute Gasteiger partial charge is 0.497 e. The van der Waals surface area contributed by atoms with Crippen molar-refractivity contribution in [1.29, 1.82) is 0 Å². The zero-order valence-electron chi connectivity index (χ0n) is 12.0. The summed E-state index contributed by atoms with van der Waals surface area (Å²) >= 11 is 0. The number of carbonyl (C=O) groups excluding carboxylic acids is 1. The van der Waals surface area contributed by atoms with Crippen molar-refractivity contribution in [2.24, 2.45) is 0 Å². The Morgan fingerprint density at radius 2 is 2.15 bits per heavy atom. The molecule has 0 spiro atoms. The first kappa shape index (κ1) is 15.0. The summed E-state index contributed by atoms with van der Waals surface area (Å²) in [6.07, 6.45) is 4.71. The van der Waals surface area contributed by atoms with Gasteiger partial charge in [-0.3, -0.25) is 9.69 Å². The van der Waals surface area contributed by atoms with Gasteiger partial charge in [-0.15, -0.1) is 0 Å². The summed E-state index contributed by atoms with van der Waals surface area (Å²) in [5.41, 5.74) is 0.672. The summed E-state index contributed by atoms with van der Waals surface area (Å²) < 4.78 is 5.15. The lowest BCUT2D eigenvalue weighted by Gasteiger charge is -2.27. The van der Waals surface area contributed by atoms with Crippen LogP contribution < -0.4 is 4.74 Å². The highest BCUT2D eigenvalue weighted by Gasteiger charge is 2.24. The molecule has 0 aliphatic heterocycles. The average molecular weight is 277 g/mol. The molecule has 0 aromatic heterocycles. The number of nitrogens with zero attached hydrogens (tertiary/aromatic N) is 1. The van der Waals surface area contributed by atoms with Crippen LogP contribution in [0.25, 0.3) is 0 Å². The van der Waals surface area contributed by atoms with E-state index < -0.39 is 0 Å². The number of aliphatic hydroxyl groups excluding tert-OH is 1. The predicted octanol–water partition coefficient (Wildman–Crippen LogP) is 2.11. The normalized spacial score (nSPS) is 15.8. The third-order valence-electron chi connectivity index (χ3n) is 3.97. The highest BCUT2D eigenvalue weighted by molar-refractivity contribution is 5.98. The third-order valence-corrected chi connectivity index (χ3v) is 3.97. The van der Waals surface area contributed by atoms with Crippen molar-refractivity contribution in [2.45, 2.75) is 31.7 Å². The van der Waals surface area contributed by atoms with Crippen LogP contribution in [0.5, 0.6) is 5.75 Å². The number of methoxy groups -OCH3 is 1. The number of hydrogen-bond acceptors (Lipinski definition) is 4. The molecular formula is C16H23NO3. The molecule has 1 aliphatic carbocycles. The third kappa shape index (κ3) is 3.81. The van der Waals surface area contributed by atoms with Crippen LogP contribution in [-0.2, 0) is 0 Å². The van der Waals surface area contributed by atoms with E-state index in [2.05, 4.69) is 4.90 Å². The second kappa shape index (κ2) is 7.41. The molecule has 0 atom stereocenters. The van der Waals surface area contributed by atoms with Crippen molar-refractivity contribution in [3.05, 3.63) is 29.8 Å². The number of rotatable bonds is 7. The Balaban J connectivity index is 2.02. The van der Waals surface area contributed by atoms with Gasteiger partial charge in [0.15, 0.2) is 5.78 Å². The molecule has 0 bridgehead atoms. The van der Waals surface area contributed by atoms with Gasteiger partial charge in [-0.2, -0.15) is 0 Å². The predicted molar refractivity (Wildman–Crippen MR) is 78.2 cm³/mol. The van der Waals surface area contributed by atoms with E-state index in [-0.39, 0.29) is 12.4 Å². The summed E-state index contributed by atoms with van der Waals surface area (Å²) in [6, 6.07) is 7.69. The van der Waals surface area contributed by atoms with Crippen LogP contribution in [0.2, 0.25) is 0 Å². The summed E-state index contributed by atoms with van der Waals surface area (Å²) in [6.45, 7) is 1.04. The fraction of sp³-hybridized carbons (Fsp3) is 0.562. The zero-order chi connectivity index (χ0) is 14.4. The molecule has 0 unspecified atom stereocenters. The van der Waals surface area contributed by atoms with Crippen LogP contribution in [0.1, 0.15) is 36.0 Å². The first-order valence-electron chi connectivity index (χ1n) is 7.26. The minimum absolute atomic E-state index is 0.0873. The Kier molecular flexibility index (Phi) is 5.56. The van der Waals surface area contributed by atoms with Gasteiger partial charge in [-0.05, 0) is 25.0 Å². The molecule has 0 radical (unpaired) electrons. The minimum Gasteiger partial charge on any atom is -0.497 e. The fourth-order valence-corrected chi connectivity index (χ4v) is 2.86. The number of Topliss-reactive ketones (excluding diaryl/α,β-unsaturated/α-hetero) is 1. The number of benzene rings is 1. The first-order valence-corrected chi connectivity index (χ1v) is 7.26. The van der Waals surface area contributed by atoms with Crippen molar-refractivity contribution in [3.8, 4) is 5.75 Å². The van der Waals surface area contributed by atoms with Crippen LogP contribution in [0.4, 0.5) is 0 Å². The number of ketones is 1.